The molecule has 6 heteroatoms. The molecular weight excluding hydrogens is 245 g/mol. The maximum absolute atomic E-state index is 12.5. The van der Waals surface area contributed by atoms with Gasteiger partial charge < -0.3 is 16.2 Å². The molecule has 0 aliphatic carbocycles. The van der Waals surface area contributed by atoms with Crippen LogP contribution in [0.5, 0.6) is 5.75 Å². The number of halogens is 3. The number of hydrogen-bond acceptors (Lipinski definition) is 3. The molecule has 0 saturated heterocycles. The highest BCUT2D eigenvalue weighted by Gasteiger charge is 2.31. The molecule has 0 aliphatic heterocycles. The van der Waals surface area contributed by atoms with Crippen molar-refractivity contribution >= 4 is 0 Å². The van der Waals surface area contributed by atoms with E-state index < -0.39 is 11.7 Å². The topological polar surface area (TPSA) is 61.3 Å². The van der Waals surface area contributed by atoms with E-state index in [1.807, 2.05) is 0 Å². The molecule has 4 N–H and O–H groups in total. The normalized spacial score (nSPS) is 11.9. The first-order valence-electron chi connectivity index (χ1n) is 5.56. The Morgan fingerprint density at radius 2 is 1.83 bits per heavy atom. The predicted molar refractivity (Wildman–Crippen MR) is 63.3 cm³/mol. The first-order valence-corrected chi connectivity index (χ1v) is 5.56. The summed E-state index contributed by atoms with van der Waals surface area (Å²) in [4.78, 5) is 0. The zero-order valence-electron chi connectivity index (χ0n) is 10.1. The van der Waals surface area contributed by atoms with Crippen molar-refractivity contribution in [3.63, 3.8) is 0 Å². The Bertz CT molecular complexity index is 389. The highest BCUT2D eigenvalue weighted by molar-refractivity contribution is 5.39. The molecule has 1 rings (SSSR count). The molecule has 0 aliphatic rings. The Balaban J connectivity index is 3.00. The van der Waals surface area contributed by atoms with E-state index in [0.29, 0.717) is 25.1 Å². The third-order valence-electron chi connectivity index (χ3n) is 2.79. The minimum absolute atomic E-state index is 0.0376. The van der Waals surface area contributed by atoms with Crippen LogP contribution in [-0.4, -0.2) is 20.2 Å². The quantitative estimate of drug-likeness (QED) is 0.850. The molecule has 0 aromatic heterocycles. The van der Waals surface area contributed by atoms with Crippen molar-refractivity contribution in [2.45, 2.75) is 12.6 Å². The van der Waals surface area contributed by atoms with Crippen LogP contribution in [0.1, 0.15) is 11.1 Å². The lowest BCUT2D eigenvalue weighted by Crippen LogP contribution is -2.25. The van der Waals surface area contributed by atoms with E-state index in [1.165, 1.54) is 13.2 Å². The van der Waals surface area contributed by atoms with Crippen molar-refractivity contribution in [2.24, 2.45) is 17.4 Å². The molecule has 3 nitrogen and oxygen atoms in total. The largest absolute Gasteiger partial charge is 0.496 e. The van der Waals surface area contributed by atoms with Gasteiger partial charge in [-0.15, -0.1) is 0 Å². The fourth-order valence-electron chi connectivity index (χ4n) is 1.66. The second kappa shape index (κ2) is 6.06. The van der Waals surface area contributed by atoms with Gasteiger partial charge in [-0.2, -0.15) is 13.2 Å². The molecule has 0 amide bonds. The Morgan fingerprint density at radius 3 is 2.28 bits per heavy atom. The molecule has 0 fully saturated rings. The zero-order valence-corrected chi connectivity index (χ0v) is 10.1. The highest BCUT2D eigenvalue weighted by Crippen LogP contribution is 2.33. The number of methoxy groups -OCH3 is 1. The maximum Gasteiger partial charge on any atom is 0.416 e. The summed E-state index contributed by atoms with van der Waals surface area (Å²) in [6.07, 6.45) is -3.86. The number of ether oxygens (including phenoxy) is 1. The molecule has 0 unspecified atom stereocenters. The van der Waals surface area contributed by atoms with E-state index >= 15 is 0 Å². The molecular formula is C12H17F3N2O. The minimum Gasteiger partial charge on any atom is -0.496 e. The smallest absolute Gasteiger partial charge is 0.416 e. The van der Waals surface area contributed by atoms with Gasteiger partial charge in [0.15, 0.2) is 0 Å². The van der Waals surface area contributed by atoms with E-state index in [4.69, 9.17) is 16.2 Å². The van der Waals surface area contributed by atoms with E-state index in [0.717, 1.165) is 12.1 Å². The van der Waals surface area contributed by atoms with Crippen LogP contribution in [0.15, 0.2) is 18.2 Å². The van der Waals surface area contributed by atoms with Crippen LogP contribution in [0.2, 0.25) is 0 Å². The fraction of sp³-hybridized carbons (Fsp3) is 0.500. The van der Waals surface area contributed by atoms with Gasteiger partial charge in [-0.3, -0.25) is 0 Å². The van der Waals surface area contributed by atoms with Gasteiger partial charge in [0.1, 0.15) is 5.75 Å². The molecule has 0 spiro atoms. The van der Waals surface area contributed by atoms with Crippen molar-refractivity contribution in [1.29, 1.82) is 0 Å². The molecule has 18 heavy (non-hydrogen) atoms. The Hall–Kier alpha value is -1.27. The first kappa shape index (κ1) is 14.8. The van der Waals surface area contributed by atoms with Gasteiger partial charge in [-0.1, -0.05) is 6.07 Å². The molecule has 1 aromatic carbocycles. The number of rotatable bonds is 5. The predicted octanol–water partition coefficient (Wildman–Crippen LogP) is 1.79. The maximum atomic E-state index is 12.5. The molecule has 0 atom stereocenters. The summed E-state index contributed by atoms with van der Waals surface area (Å²) in [5, 5.41) is 0. The van der Waals surface area contributed by atoms with Gasteiger partial charge in [0.25, 0.3) is 0 Å². The third kappa shape index (κ3) is 3.61. The molecule has 102 valence electrons. The summed E-state index contributed by atoms with van der Waals surface area (Å²) >= 11 is 0. The van der Waals surface area contributed by atoms with Gasteiger partial charge in [0.05, 0.1) is 12.7 Å². The number of nitrogens with two attached hydrogens (primary N) is 2. The summed E-state index contributed by atoms with van der Waals surface area (Å²) in [5.74, 6) is 0.257. The van der Waals surface area contributed by atoms with E-state index in [1.54, 1.807) is 0 Å². The molecule has 0 radical (unpaired) electrons. The standard InChI is InChI=1S/C12H17F3N2O/c1-18-11-5-10(12(13,14)15)3-2-9(11)4-8(6-16)7-17/h2-3,5,8H,4,6-7,16-17H2,1H3. The Kier molecular flexibility index (Phi) is 4.98. The monoisotopic (exact) mass is 262 g/mol. The van der Waals surface area contributed by atoms with Crippen molar-refractivity contribution in [1.82, 2.24) is 0 Å². The van der Waals surface area contributed by atoms with Crippen molar-refractivity contribution in [2.75, 3.05) is 20.2 Å². The summed E-state index contributed by atoms with van der Waals surface area (Å²) in [6, 6.07) is 3.46. The Labute approximate surface area is 104 Å². The Morgan fingerprint density at radius 1 is 1.22 bits per heavy atom. The van der Waals surface area contributed by atoms with Gasteiger partial charge in [0.2, 0.25) is 0 Å². The molecule has 0 bridgehead atoms. The van der Waals surface area contributed by atoms with Crippen LogP contribution < -0.4 is 16.2 Å². The van der Waals surface area contributed by atoms with Crippen LogP contribution in [0, 0.1) is 5.92 Å². The molecule has 0 saturated carbocycles. The van der Waals surface area contributed by atoms with E-state index in [2.05, 4.69) is 0 Å². The van der Waals surface area contributed by atoms with Crippen molar-refractivity contribution in [3.8, 4) is 5.75 Å². The minimum atomic E-state index is -4.37. The lowest BCUT2D eigenvalue weighted by atomic mass is 9.97. The van der Waals surface area contributed by atoms with Crippen molar-refractivity contribution < 1.29 is 17.9 Å². The SMILES string of the molecule is COc1cc(C(F)(F)F)ccc1CC(CN)CN. The second-order valence-electron chi connectivity index (χ2n) is 4.07. The number of hydrogen-bond donors (Lipinski definition) is 2. The number of alkyl halides is 3. The van der Waals surface area contributed by atoms with Crippen LogP contribution in [0.3, 0.4) is 0 Å². The summed E-state index contributed by atoms with van der Waals surface area (Å²) in [7, 11) is 1.35. The van der Waals surface area contributed by atoms with Crippen LogP contribution in [0.25, 0.3) is 0 Å². The summed E-state index contributed by atoms with van der Waals surface area (Å²) in [6.45, 7) is 0.779. The van der Waals surface area contributed by atoms with Crippen LogP contribution in [0.4, 0.5) is 13.2 Å². The van der Waals surface area contributed by atoms with Crippen LogP contribution >= 0.6 is 0 Å². The highest BCUT2D eigenvalue weighted by atomic mass is 19.4. The average Bonchev–Trinajstić information content (AvgIpc) is 2.34. The zero-order chi connectivity index (χ0) is 13.8. The number of benzene rings is 1. The van der Waals surface area contributed by atoms with E-state index in [9.17, 15) is 13.2 Å². The van der Waals surface area contributed by atoms with Gasteiger partial charge in [-0.05, 0) is 43.1 Å². The average molecular weight is 262 g/mol. The third-order valence-corrected chi connectivity index (χ3v) is 2.79. The lowest BCUT2D eigenvalue weighted by Gasteiger charge is -2.16. The van der Waals surface area contributed by atoms with Gasteiger partial charge >= 0.3 is 6.18 Å². The van der Waals surface area contributed by atoms with Crippen LogP contribution in [-0.2, 0) is 12.6 Å². The van der Waals surface area contributed by atoms with Crippen molar-refractivity contribution in [3.05, 3.63) is 29.3 Å². The van der Waals surface area contributed by atoms with Gasteiger partial charge in [0, 0.05) is 0 Å². The summed E-state index contributed by atoms with van der Waals surface area (Å²) < 4.78 is 42.6. The first-order chi connectivity index (χ1) is 8.42. The lowest BCUT2D eigenvalue weighted by molar-refractivity contribution is -0.137. The molecule has 0 heterocycles. The summed E-state index contributed by atoms with van der Waals surface area (Å²) in [5.41, 5.74) is 11.0. The van der Waals surface area contributed by atoms with E-state index in [-0.39, 0.29) is 11.7 Å². The van der Waals surface area contributed by atoms with Gasteiger partial charge in [-0.25, -0.2) is 0 Å². The second-order valence-corrected chi connectivity index (χ2v) is 4.07. The molecule has 1 aromatic rings. The fourth-order valence-corrected chi connectivity index (χ4v) is 1.66.